The molecular weight excluding hydrogens is 382 g/mol. The second-order valence-electron chi connectivity index (χ2n) is 7.73. The molecule has 1 aliphatic heterocycles. The first-order valence-corrected chi connectivity index (χ1v) is 10.1. The van der Waals surface area contributed by atoms with Crippen LogP contribution in [0.25, 0.3) is 0 Å². The van der Waals surface area contributed by atoms with Gasteiger partial charge in [-0.1, -0.05) is 18.2 Å². The summed E-state index contributed by atoms with van der Waals surface area (Å²) in [7, 11) is 1.58. The number of carbonyl (C=O) groups is 3. The number of amides is 3. The molecule has 30 heavy (non-hydrogen) atoms. The normalized spacial score (nSPS) is 16.0. The number of nitrogens with zero attached hydrogens (tertiary/aromatic N) is 3. The molecular formula is C23H25N3O4. The van der Waals surface area contributed by atoms with Crippen LogP contribution in [0.4, 0.5) is 5.69 Å². The fourth-order valence-corrected chi connectivity index (χ4v) is 3.67. The number of rotatable bonds is 6. The maximum absolute atomic E-state index is 13.1. The van der Waals surface area contributed by atoms with E-state index in [9.17, 15) is 14.4 Å². The highest BCUT2D eigenvalue weighted by Crippen LogP contribution is 2.29. The number of anilines is 1. The fraction of sp³-hybridized carbons (Fsp3) is 0.348. The molecule has 2 aromatic carbocycles. The average Bonchev–Trinajstić information content (AvgIpc) is 3.53. The molecule has 7 nitrogen and oxygen atoms in total. The molecule has 0 unspecified atom stereocenters. The summed E-state index contributed by atoms with van der Waals surface area (Å²) in [6.07, 6.45) is 1.81. The van der Waals surface area contributed by atoms with Gasteiger partial charge in [0, 0.05) is 17.3 Å². The molecule has 1 heterocycles. The van der Waals surface area contributed by atoms with Crippen LogP contribution >= 0.6 is 0 Å². The van der Waals surface area contributed by atoms with Crippen LogP contribution in [0.3, 0.4) is 0 Å². The lowest BCUT2D eigenvalue weighted by atomic mass is 10.1. The monoisotopic (exact) mass is 407 g/mol. The molecule has 2 aliphatic rings. The molecule has 0 atom stereocenters. The maximum atomic E-state index is 13.1. The number of aryl methyl sites for hydroxylation is 1. The molecule has 1 saturated heterocycles. The van der Waals surface area contributed by atoms with E-state index in [0.717, 1.165) is 18.4 Å². The molecule has 0 bridgehead atoms. The quantitative estimate of drug-likeness (QED) is 0.738. The smallest absolute Gasteiger partial charge is 0.254 e. The van der Waals surface area contributed by atoms with E-state index in [1.807, 2.05) is 25.1 Å². The van der Waals surface area contributed by atoms with Gasteiger partial charge >= 0.3 is 0 Å². The Morgan fingerprint density at radius 2 is 1.80 bits per heavy atom. The Balaban J connectivity index is 1.45. The van der Waals surface area contributed by atoms with Crippen molar-refractivity contribution in [1.82, 2.24) is 9.80 Å². The van der Waals surface area contributed by atoms with E-state index < -0.39 is 0 Å². The molecule has 3 amide bonds. The zero-order chi connectivity index (χ0) is 21.3. The van der Waals surface area contributed by atoms with Crippen LogP contribution in [-0.2, 0) is 9.59 Å². The lowest BCUT2D eigenvalue weighted by Crippen LogP contribution is -2.44. The number of ether oxygens (including phenoxy) is 1. The third-order valence-corrected chi connectivity index (χ3v) is 5.61. The summed E-state index contributed by atoms with van der Waals surface area (Å²) < 4.78 is 5.15. The van der Waals surface area contributed by atoms with Gasteiger partial charge in [-0.25, -0.2) is 0 Å². The second kappa shape index (κ2) is 8.18. The first-order valence-electron chi connectivity index (χ1n) is 10.1. The van der Waals surface area contributed by atoms with E-state index in [4.69, 9.17) is 4.74 Å². The second-order valence-corrected chi connectivity index (χ2v) is 7.73. The Kier molecular flexibility index (Phi) is 5.44. The molecule has 2 fully saturated rings. The summed E-state index contributed by atoms with van der Waals surface area (Å²) >= 11 is 0. The summed E-state index contributed by atoms with van der Waals surface area (Å²) in [6, 6.07) is 14.7. The molecule has 4 rings (SSSR count). The van der Waals surface area contributed by atoms with Crippen LogP contribution in [0.15, 0.2) is 48.5 Å². The Bertz CT molecular complexity index is 969. The van der Waals surface area contributed by atoms with Crippen molar-refractivity contribution in [3.63, 3.8) is 0 Å². The summed E-state index contributed by atoms with van der Waals surface area (Å²) in [4.78, 5) is 43.3. The maximum Gasteiger partial charge on any atom is 0.254 e. The van der Waals surface area contributed by atoms with Gasteiger partial charge in [0.25, 0.3) is 5.91 Å². The molecule has 2 aromatic rings. The number of benzene rings is 2. The van der Waals surface area contributed by atoms with Crippen molar-refractivity contribution in [2.45, 2.75) is 25.8 Å². The van der Waals surface area contributed by atoms with Gasteiger partial charge in [0.2, 0.25) is 11.8 Å². The molecule has 1 aliphatic carbocycles. The van der Waals surface area contributed by atoms with Crippen molar-refractivity contribution in [3.8, 4) is 5.75 Å². The summed E-state index contributed by atoms with van der Waals surface area (Å²) in [5, 5.41) is 0. The highest BCUT2D eigenvalue weighted by atomic mass is 16.5. The van der Waals surface area contributed by atoms with Crippen molar-refractivity contribution in [2.75, 3.05) is 31.8 Å². The van der Waals surface area contributed by atoms with Crippen LogP contribution in [0.1, 0.15) is 28.8 Å². The van der Waals surface area contributed by atoms with Crippen molar-refractivity contribution >= 4 is 23.4 Å². The lowest BCUT2D eigenvalue weighted by Gasteiger charge is -2.25. The summed E-state index contributed by atoms with van der Waals surface area (Å²) in [6.45, 7) is 2.08. The first kappa shape index (κ1) is 19.9. The van der Waals surface area contributed by atoms with Gasteiger partial charge in [0.15, 0.2) is 0 Å². The molecule has 7 heteroatoms. The zero-order valence-electron chi connectivity index (χ0n) is 17.2. The van der Waals surface area contributed by atoms with Crippen LogP contribution < -0.4 is 9.64 Å². The molecule has 1 saturated carbocycles. The predicted molar refractivity (Wildman–Crippen MR) is 112 cm³/mol. The highest BCUT2D eigenvalue weighted by molar-refractivity contribution is 6.02. The minimum absolute atomic E-state index is 0.0123. The van der Waals surface area contributed by atoms with E-state index in [0.29, 0.717) is 17.0 Å². The van der Waals surface area contributed by atoms with Crippen LogP contribution in [0, 0.1) is 6.92 Å². The van der Waals surface area contributed by atoms with Gasteiger partial charge in [-0.3, -0.25) is 19.3 Å². The van der Waals surface area contributed by atoms with E-state index in [1.165, 1.54) is 4.90 Å². The Morgan fingerprint density at radius 3 is 2.43 bits per heavy atom. The van der Waals surface area contributed by atoms with Crippen LogP contribution in [0.2, 0.25) is 0 Å². The zero-order valence-corrected chi connectivity index (χ0v) is 17.2. The number of carbonyl (C=O) groups excluding carboxylic acids is 3. The summed E-state index contributed by atoms with van der Waals surface area (Å²) in [5.74, 6) is 0.222. The van der Waals surface area contributed by atoms with Crippen LogP contribution in [-0.4, -0.2) is 60.4 Å². The van der Waals surface area contributed by atoms with E-state index in [1.54, 1.807) is 47.2 Å². The number of hydrogen-bond donors (Lipinski definition) is 0. The third kappa shape index (κ3) is 4.01. The van der Waals surface area contributed by atoms with Crippen LogP contribution in [0.5, 0.6) is 5.75 Å². The van der Waals surface area contributed by atoms with E-state index in [-0.39, 0.29) is 43.5 Å². The topological polar surface area (TPSA) is 70.2 Å². The van der Waals surface area contributed by atoms with Gasteiger partial charge in [0.05, 0.1) is 7.11 Å². The molecule has 0 spiro atoms. The molecule has 0 aromatic heterocycles. The van der Waals surface area contributed by atoms with Crippen molar-refractivity contribution in [2.24, 2.45) is 0 Å². The van der Waals surface area contributed by atoms with Crippen molar-refractivity contribution in [3.05, 3.63) is 59.7 Å². The van der Waals surface area contributed by atoms with Gasteiger partial charge in [-0.05, 0) is 55.7 Å². The van der Waals surface area contributed by atoms with E-state index in [2.05, 4.69) is 0 Å². The SMILES string of the molecule is COc1ccc(N2CN(C(=O)CN(C(=O)c3ccccc3C)C3CC3)CC2=O)cc1. The van der Waals surface area contributed by atoms with Crippen molar-refractivity contribution < 1.29 is 19.1 Å². The largest absolute Gasteiger partial charge is 0.497 e. The first-order chi connectivity index (χ1) is 14.5. The fourth-order valence-electron chi connectivity index (χ4n) is 3.67. The van der Waals surface area contributed by atoms with Gasteiger partial charge < -0.3 is 14.5 Å². The Labute approximate surface area is 175 Å². The van der Waals surface area contributed by atoms with Gasteiger partial charge in [-0.2, -0.15) is 0 Å². The third-order valence-electron chi connectivity index (χ3n) is 5.61. The Hall–Kier alpha value is -3.35. The highest BCUT2D eigenvalue weighted by Gasteiger charge is 2.38. The average molecular weight is 407 g/mol. The Morgan fingerprint density at radius 1 is 1.10 bits per heavy atom. The molecule has 156 valence electrons. The lowest BCUT2D eigenvalue weighted by molar-refractivity contribution is -0.132. The number of hydrogen-bond acceptors (Lipinski definition) is 4. The van der Waals surface area contributed by atoms with Gasteiger partial charge in [0.1, 0.15) is 25.5 Å². The minimum atomic E-state index is -0.215. The summed E-state index contributed by atoms with van der Waals surface area (Å²) in [5.41, 5.74) is 2.23. The standard InChI is InChI=1S/C23H25N3O4/c1-16-5-3-4-6-20(16)23(29)25(17-7-8-17)14-21(27)24-13-22(28)26(15-24)18-9-11-19(30-2)12-10-18/h3-6,9-12,17H,7-8,13-15H2,1-2H3. The number of methoxy groups -OCH3 is 1. The minimum Gasteiger partial charge on any atom is -0.497 e. The predicted octanol–water partition coefficient (Wildman–Crippen LogP) is 2.44. The molecule has 0 radical (unpaired) electrons. The van der Waals surface area contributed by atoms with Gasteiger partial charge in [-0.15, -0.1) is 0 Å². The van der Waals surface area contributed by atoms with E-state index >= 15 is 0 Å². The molecule has 0 N–H and O–H groups in total. The van der Waals surface area contributed by atoms with Crippen molar-refractivity contribution in [1.29, 1.82) is 0 Å².